The first-order valence-corrected chi connectivity index (χ1v) is 7.82. The molecule has 0 saturated carbocycles. The van der Waals surface area contributed by atoms with E-state index in [1.807, 2.05) is 23.1 Å². The molecule has 1 aromatic rings. The Balaban J connectivity index is 2.52. The zero-order valence-corrected chi connectivity index (χ0v) is 13.8. The first kappa shape index (κ1) is 16.6. The van der Waals surface area contributed by atoms with Crippen molar-refractivity contribution in [1.29, 1.82) is 0 Å². The molecule has 0 aromatic heterocycles. The lowest BCUT2D eigenvalue weighted by Crippen LogP contribution is -2.52. The second-order valence-electron chi connectivity index (χ2n) is 5.79. The van der Waals surface area contributed by atoms with Crippen LogP contribution in [0.5, 0.6) is 11.5 Å². The number of hydrogen-bond acceptors (Lipinski definition) is 4. The summed E-state index contributed by atoms with van der Waals surface area (Å²) < 4.78 is 10.9. The molecule has 2 rings (SSSR count). The Hall–Kier alpha value is -1.75. The standard InChI is InChI=1S/C17H26N2O3/c1-5-11(2)19-15(20)10-9-13(18)16(19)12-7-6-8-14(21-3)17(12)22-4/h6-8,11,13,16H,5,9-10,18H2,1-4H3. The molecule has 1 aliphatic heterocycles. The van der Waals surface area contributed by atoms with Crippen LogP contribution < -0.4 is 15.2 Å². The third-order valence-electron chi connectivity index (χ3n) is 4.50. The molecule has 1 heterocycles. The molecule has 1 aliphatic rings. The predicted octanol–water partition coefficient (Wildman–Crippen LogP) is 2.49. The fourth-order valence-electron chi connectivity index (χ4n) is 3.18. The highest BCUT2D eigenvalue weighted by molar-refractivity contribution is 5.78. The van der Waals surface area contributed by atoms with E-state index in [9.17, 15) is 4.79 Å². The zero-order chi connectivity index (χ0) is 16.3. The highest BCUT2D eigenvalue weighted by atomic mass is 16.5. The largest absolute Gasteiger partial charge is 0.493 e. The highest BCUT2D eigenvalue weighted by Crippen LogP contribution is 2.41. The predicted molar refractivity (Wildman–Crippen MR) is 86.1 cm³/mol. The fourth-order valence-corrected chi connectivity index (χ4v) is 3.18. The van der Waals surface area contributed by atoms with Crippen LogP contribution in [-0.2, 0) is 4.79 Å². The van der Waals surface area contributed by atoms with Gasteiger partial charge in [-0.15, -0.1) is 0 Å². The number of para-hydroxylation sites is 1. The molecule has 0 spiro atoms. The van der Waals surface area contributed by atoms with Gasteiger partial charge < -0.3 is 20.1 Å². The Morgan fingerprint density at radius 3 is 2.68 bits per heavy atom. The Morgan fingerprint density at radius 2 is 2.09 bits per heavy atom. The van der Waals surface area contributed by atoms with Crippen molar-refractivity contribution in [3.63, 3.8) is 0 Å². The smallest absolute Gasteiger partial charge is 0.223 e. The molecule has 0 radical (unpaired) electrons. The number of amides is 1. The van der Waals surface area contributed by atoms with E-state index in [2.05, 4.69) is 13.8 Å². The van der Waals surface area contributed by atoms with Crippen LogP contribution in [0.4, 0.5) is 0 Å². The Kier molecular flexibility index (Phi) is 5.29. The van der Waals surface area contributed by atoms with Crippen LogP contribution in [0.1, 0.15) is 44.7 Å². The number of nitrogens with two attached hydrogens (primary N) is 1. The monoisotopic (exact) mass is 306 g/mol. The normalized spacial score (nSPS) is 23.3. The summed E-state index contributed by atoms with van der Waals surface area (Å²) in [6.07, 6.45) is 2.09. The minimum absolute atomic E-state index is 0.104. The van der Waals surface area contributed by atoms with Crippen molar-refractivity contribution in [1.82, 2.24) is 4.90 Å². The number of carbonyl (C=O) groups excluding carboxylic acids is 1. The Morgan fingerprint density at radius 1 is 1.36 bits per heavy atom. The quantitative estimate of drug-likeness (QED) is 0.907. The van der Waals surface area contributed by atoms with Gasteiger partial charge in [0, 0.05) is 24.1 Å². The highest BCUT2D eigenvalue weighted by Gasteiger charge is 2.38. The number of rotatable bonds is 5. The number of benzene rings is 1. The van der Waals surface area contributed by atoms with Crippen LogP contribution in [0.3, 0.4) is 0 Å². The molecule has 3 unspecified atom stereocenters. The van der Waals surface area contributed by atoms with Gasteiger partial charge in [0.2, 0.25) is 5.91 Å². The van der Waals surface area contributed by atoms with E-state index in [1.54, 1.807) is 14.2 Å². The van der Waals surface area contributed by atoms with Gasteiger partial charge in [-0.05, 0) is 25.8 Å². The average molecular weight is 306 g/mol. The number of piperidine rings is 1. The molecule has 1 aromatic carbocycles. The van der Waals surface area contributed by atoms with Crippen LogP contribution in [0.15, 0.2) is 18.2 Å². The van der Waals surface area contributed by atoms with Crippen LogP contribution in [0.25, 0.3) is 0 Å². The van der Waals surface area contributed by atoms with E-state index in [0.29, 0.717) is 24.3 Å². The van der Waals surface area contributed by atoms with Crippen LogP contribution in [0, 0.1) is 0 Å². The number of likely N-dealkylation sites (tertiary alicyclic amines) is 1. The molecule has 122 valence electrons. The summed E-state index contributed by atoms with van der Waals surface area (Å²) in [7, 11) is 3.23. The molecule has 1 saturated heterocycles. The van der Waals surface area contributed by atoms with Gasteiger partial charge in [0.1, 0.15) is 0 Å². The van der Waals surface area contributed by atoms with E-state index in [-0.39, 0.29) is 24.0 Å². The van der Waals surface area contributed by atoms with Crippen LogP contribution in [-0.4, -0.2) is 37.1 Å². The maximum atomic E-state index is 12.5. The van der Waals surface area contributed by atoms with E-state index < -0.39 is 0 Å². The molecular weight excluding hydrogens is 280 g/mol. The molecular formula is C17H26N2O3. The molecule has 5 nitrogen and oxygen atoms in total. The number of hydrogen-bond donors (Lipinski definition) is 1. The van der Waals surface area contributed by atoms with E-state index in [4.69, 9.17) is 15.2 Å². The Labute approximate surface area is 132 Å². The van der Waals surface area contributed by atoms with Crippen molar-refractivity contribution in [3.8, 4) is 11.5 Å². The second kappa shape index (κ2) is 7.01. The summed E-state index contributed by atoms with van der Waals surface area (Å²) in [6, 6.07) is 5.59. The number of carbonyl (C=O) groups is 1. The first-order valence-electron chi connectivity index (χ1n) is 7.82. The minimum Gasteiger partial charge on any atom is -0.493 e. The van der Waals surface area contributed by atoms with Gasteiger partial charge in [-0.2, -0.15) is 0 Å². The molecule has 2 N–H and O–H groups in total. The fraction of sp³-hybridized carbons (Fsp3) is 0.588. The zero-order valence-electron chi connectivity index (χ0n) is 13.8. The van der Waals surface area contributed by atoms with E-state index in [1.165, 1.54) is 0 Å². The van der Waals surface area contributed by atoms with Gasteiger partial charge in [-0.25, -0.2) is 0 Å². The van der Waals surface area contributed by atoms with Crippen molar-refractivity contribution in [3.05, 3.63) is 23.8 Å². The maximum absolute atomic E-state index is 12.5. The first-order chi connectivity index (χ1) is 10.5. The summed E-state index contributed by atoms with van der Waals surface area (Å²) >= 11 is 0. The van der Waals surface area contributed by atoms with Gasteiger partial charge in [-0.1, -0.05) is 19.1 Å². The van der Waals surface area contributed by atoms with Crippen molar-refractivity contribution < 1.29 is 14.3 Å². The molecule has 0 aliphatic carbocycles. The van der Waals surface area contributed by atoms with Crippen molar-refractivity contribution in [2.75, 3.05) is 14.2 Å². The molecule has 3 atom stereocenters. The number of methoxy groups -OCH3 is 2. The van der Waals surface area contributed by atoms with E-state index in [0.717, 1.165) is 12.0 Å². The summed E-state index contributed by atoms with van der Waals surface area (Å²) in [5, 5.41) is 0. The minimum atomic E-state index is -0.179. The topological polar surface area (TPSA) is 64.8 Å². The number of ether oxygens (including phenoxy) is 2. The lowest BCUT2D eigenvalue weighted by molar-refractivity contribution is -0.140. The SMILES string of the molecule is CCC(C)N1C(=O)CCC(N)C1c1cccc(OC)c1OC. The Bertz CT molecular complexity index is 533. The third kappa shape index (κ3) is 2.90. The molecule has 1 amide bonds. The molecule has 0 bridgehead atoms. The lowest BCUT2D eigenvalue weighted by Gasteiger charge is -2.43. The van der Waals surface area contributed by atoms with Crippen molar-refractivity contribution in [2.45, 2.75) is 51.2 Å². The van der Waals surface area contributed by atoms with Crippen molar-refractivity contribution in [2.24, 2.45) is 5.73 Å². The van der Waals surface area contributed by atoms with Gasteiger partial charge >= 0.3 is 0 Å². The summed E-state index contributed by atoms with van der Waals surface area (Å²) in [6.45, 7) is 4.15. The number of nitrogens with zero attached hydrogens (tertiary/aromatic N) is 1. The third-order valence-corrected chi connectivity index (χ3v) is 4.50. The summed E-state index contributed by atoms with van der Waals surface area (Å²) in [5.74, 6) is 1.48. The van der Waals surface area contributed by atoms with E-state index >= 15 is 0 Å². The van der Waals surface area contributed by atoms with Crippen LogP contribution >= 0.6 is 0 Å². The molecule has 5 heteroatoms. The van der Waals surface area contributed by atoms with Gasteiger partial charge in [0.15, 0.2) is 11.5 Å². The summed E-state index contributed by atoms with van der Waals surface area (Å²) in [4.78, 5) is 14.4. The molecule has 1 fully saturated rings. The van der Waals surface area contributed by atoms with Crippen LogP contribution in [0.2, 0.25) is 0 Å². The van der Waals surface area contributed by atoms with Gasteiger partial charge in [0.05, 0.1) is 20.3 Å². The average Bonchev–Trinajstić information content (AvgIpc) is 2.55. The van der Waals surface area contributed by atoms with Gasteiger partial charge in [-0.3, -0.25) is 4.79 Å². The summed E-state index contributed by atoms with van der Waals surface area (Å²) in [5.41, 5.74) is 7.30. The maximum Gasteiger partial charge on any atom is 0.223 e. The second-order valence-corrected chi connectivity index (χ2v) is 5.79. The van der Waals surface area contributed by atoms with Gasteiger partial charge in [0.25, 0.3) is 0 Å². The van der Waals surface area contributed by atoms with Crippen molar-refractivity contribution >= 4 is 5.91 Å². The molecule has 22 heavy (non-hydrogen) atoms. The lowest BCUT2D eigenvalue weighted by atomic mass is 9.88.